The fraction of sp³-hybridized carbons (Fsp3) is 0.170. The second kappa shape index (κ2) is 13.5. The van der Waals surface area contributed by atoms with Crippen molar-refractivity contribution < 1.29 is 33.7 Å². The molecule has 6 aromatic rings. The monoisotopic (exact) mass is 755 g/mol. The highest BCUT2D eigenvalue weighted by molar-refractivity contribution is 6.16. The van der Waals surface area contributed by atoms with E-state index >= 15 is 0 Å². The Hall–Kier alpha value is -6.75. The van der Waals surface area contributed by atoms with Crippen LogP contribution in [0.1, 0.15) is 51.6 Å². The van der Waals surface area contributed by atoms with E-state index in [9.17, 15) is 19.5 Å². The first-order valence-electron chi connectivity index (χ1n) is 19.1. The van der Waals surface area contributed by atoms with E-state index < -0.39 is 5.60 Å². The van der Waals surface area contributed by atoms with Crippen molar-refractivity contribution in [2.75, 3.05) is 21.3 Å². The third-order valence-corrected chi connectivity index (χ3v) is 11.4. The number of ether oxygens (including phenoxy) is 3. The number of aliphatic hydroxyl groups excluding tert-OH is 1. The van der Waals surface area contributed by atoms with Gasteiger partial charge in [-0.1, -0.05) is 67.6 Å². The predicted octanol–water partition coefficient (Wildman–Crippen LogP) is 9.40. The maximum Gasteiger partial charge on any atom is 0.266 e. The third kappa shape index (κ3) is 5.43. The normalized spacial score (nSPS) is 20.5. The third-order valence-electron chi connectivity index (χ3n) is 11.4. The van der Waals surface area contributed by atoms with Crippen molar-refractivity contribution in [2.45, 2.75) is 38.0 Å². The highest BCUT2D eigenvalue weighted by atomic mass is 16.5. The standard InChI is InChI=1S/C47H37N3O7/c1-29-26-33(24-25-51)57-47(29)36-27-32(50-39-13-5-9-17-43(39)56-41-15-7-3-11-35(41)45(50)53)22-23-37(36)48(46(47)54)28-30-18-20-31(21-19-30)49-38-12-4-8-16-42(38)55-40-14-6-2-10-34(40)44(49)52/h2-23,27,29,33,51H,24-26,28H2,1H3/t29-,33+,47+/m0/s1. The molecule has 6 aromatic carbocycles. The van der Waals surface area contributed by atoms with E-state index in [0.717, 1.165) is 5.56 Å². The number of carbonyl (C=O) groups is 3. The molecular weight excluding hydrogens is 719 g/mol. The molecule has 4 aliphatic heterocycles. The Morgan fingerprint density at radius 3 is 1.75 bits per heavy atom. The average molecular weight is 756 g/mol. The first-order chi connectivity index (χ1) is 27.9. The van der Waals surface area contributed by atoms with Crippen molar-refractivity contribution in [3.8, 4) is 23.0 Å². The lowest BCUT2D eigenvalue weighted by Crippen LogP contribution is -2.43. The van der Waals surface area contributed by atoms with Gasteiger partial charge < -0.3 is 24.2 Å². The molecule has 3 amide bonds. The summed E-state index contributed by atoms with van der Waals surface area (Å²) in [6, 6.07) is 42.5. The maximum atomic E-state index is 14.9. The van der Waals surface area contributed by atoms with Crippen molar-refractivity contribution in [1.29, 1.82) is 0 Å². The quantitative estimate of drug-likeness (QED) is 0.181. The van der Waals surface area contributed by atoms with E-state index in [1.54, 1.807) is 39.0 Å². The number of anilines is 5. The Morgan fingerprint density at radius 2 is 1.16 bits per heavy atom. The molecule has 0 aromatic heterocycles. The van der Waals surface area contributed by atoms with Crippen molar-refractivity contribution >= 4 is 46.2 Å². The smallest absolute Gasteiger partial charge is 0.266 e. The first kappa shape index (κ1) is 34.7. The van der Waals surface area contributed by atoms with Gasteiger partial charge in [0.05, 0.1) is 40.8 Å². The number of benzene rings is 6. The van der Waals surface area contributed by atoms with Gasteiger partial charge in [-0.3, -0.25) is 24.2 Å². The molecule has 0 bridgehead atoms. The van der Waals surface area contributed by atoms with Gasteiger partial charge >= 0.3 is 0 Å². The van der Waals surface area contributed by atoms with Gasteiger partial charge in [-0.2, -0.15) is 0 Å². The summed E-state index contributed by atoms with van der Waals surface area (Å²) in [5, 5.41) is 9.88. The van der Waals surface area contributed by atoms with Crippen LogP contribution in [0.25, 0.3) is 0 Å². The van der Waals surface area contributed by atoms with E-state index in [2.05, 4.69) is 0 Å². The Balaban J connectivity index is 1.03. The zero-order valence-electron chi connectivity index (χ0n) is 31.0. The minimum atomic E-state index is -1.33. The van der Waals surface area contributed by atoms with E-state index in [0.29, 0.717) is 81.0 Å². The van der Waals surface area contributed by atoms with Crippen LogP contribution in [-0.2, 0) is 21.7 Å². The molecule has 4 heterocycles. The van der Waals surface area contributed by atoms with Crippen molar-refractivity contribution in [1.82, 2.24) is 0 Å². The molecule has 10 rings (SSSR count). The van der Waals surface area contributed by atoms with E-state index in [1.165, 1.54) is 0 Å². The molecule has 10 heteroatoms. The molecule has 0 radical (unpaired) electrons. The van der Waals surface area contributed by atoms with Crippen molar-refractivity contribution in [3.63, 3.8) is 0 Å². The molecule has 4 aliphatic rings. The molecule has 0 unspecified atom stereocenters. The molecule has 0 aliphatic carbocycles. The number of nitrogens with zero attached hydrogens (tertiary/aromatic N) is 3. The number of para-hydroxylation sites is 6. The van der Waals surface area contributed by atoms with Gasteiger partial charge in [0.1, 0.15) is 11.5 Å². The number of amides is 3. The Labute approximate surface area is 329 Å². The summed E-state index contributed by atoms with van der Waals surface area (Å²) < 4.78 is 19.2. The van der Waals surface area contributed by atoms with Gasteiger partial charge in [0.15, 0.2) is 17.1 Å². The molecule has 1 N–H and O–H groups in total. The van der Waals surface area contributed by atoms with Gasteiger partial charge in [-0.25, -0.2) is 0 Å². The van der Waals surface area contributed by atoms with Crippen LogP contribution in [-0.4, -0.2) is 35.5 Å². The first-order valence-corrected chi connectivity index (χ1v) is 19.1. The van der Waals surface area contributed by atoms with Gasteiger partial charge in [0, 0.05) is 29.5 Å². The number of aliphatic hydroxyl groups is 1. The van der Waals surface area contributed by atoms with Gasteiger partial charge in [0.2, 0.25) is 0 Å². The molecule has 1 saturated heterocycles. The number of fused-ring (bicyclic) bond motifs is 6. The molecule has 282 valence electrons. The lowest BCUT2D eigenvalue weighted by molar-refractivity contribution is -0.146. The Morgan fingerprint density at radius 1 is 0.632 bits per heavy atom. The Kier molecular flexibility index (Phi) is 8.21. The molecule has 10 nitrogen and oxygen atoms in total. The largest absolute Gasteiger partial charge is 0.454 e. The topological polar surface area (TPSA) is 109 Å². The summed E-state index contributed by atoms with van der Waals surface area (Å²) in [4.78, 5) is 48.4. The highest BCUT2D eigenvalue weighted by Gasteiger charge is 2.60. The summed E-state index contributed by atoms with van der Waals surface area (Å²) in [6.45, 7) is 2.18. The lowest BCUT2D eigenvalue weighted by atomic mass is 9.82. The fourth-order valence-corrected chi connectivity index (χ4v) is 8.74. The van der Waals surface area contributed by atoms with Gasteiger partial charge in [-0.05, 0) is 97.3 Å². The summed E-state index contributed by atoms with van der Waals surface area (Å²) in [5.41, 5.74) is 4.15. The van der Waals surface area contributed by atoms with Crippen LogP contribution in [0.15, 0.2) is 140 Å². The molecule has 0 saturated carbocycles. The van der Waals surface area contributed by atoms with E-state index in [1.807, 2.05) is 122 Å². The van der Waals surface area contributed by atoms with Crippen LogP contribution >= 0.6 is 0 Å². The van der Waals surface area contributed by atoms with Gasteiger partial charge in [0.25, 0.3) is 17.7 Å². The predicted molar refractivity (Wildman–Crippen MR) is 215 cm³/mol. The fourth-order valence-electron chi connectivity index (χ4n) is 8.74. The summed E-state index contributed by atoms with van der Waals surface area (Å²) in [7, 11) is 0. The molecule has 1 fully saturated rings. The maximum absolute atomic E-state index is 14.9. The second-order valence-corrected chi connectivity index (χ2v) is 14.8. The average Bonchev–Trinajstić information content (AvgIpc) is 3.57. The van der Waals surface area contributed by atoms with Crippen LogP contribution in [0.2, 0.25) is 0 Å². The highest BCUT2D eigenvalue weighted by Crippen LogP contribution is 2.55. The lowest BCUT2D eigenvalue weighted by Gasteiger charge is -2.29. The zero-order chi connectivity index (χ0) is 38.8. The molecular formula is C47H37N3O7. The summed E-state index contributed by atoms with van der Waals surface area (Å²) in [5.74, 6) is 1.15. The van der Waals surface area contributed by atoms with Crippen LogP contribution < -0.4 is 24.2 Å². The molecule has 1 spiro atoms. The Bertz CT molecular complexity index is 2610. The van der Waals surface area contributed by atoms with Crippen LogP contribution in [0.3, 0.4) is 0 Å². The SMILES string of the molecule is C[C@H]1C[C@@H](CCO)O[C@]12C(=O)N(Cc1ccc(N3C(=O)c4ccccc4Oc4ccccc43)cc1)c1ccc(N3C(=O)c4ccccc4Oc4ccccc43)cc12. The molecule has 3 atom stereocenters. The number of hydrogen-bond donors (Lipinski definition) is 1. The summed E-state index contributed by atoms with van der Waals surface area (Å²) in [6.07, 6.45) is 0.660. The number of carbonyl (C=O) groups excluding carboxylic acids is 3. The van der Waals surface area contributed by atoms with E-state index in [-0.39, 0.29) is 42.9 Å². The van der Waals surface area contributed by atoms with Crippen molar-refractivity contribution in [3.05, 3.63) is 162 Å². The minimum Gasteiger partial charge on any atom is -0.454 e. The van der Waals surface area contributed by atoms with Crippen LogP contribution in [0.4, 0.5) is 28.4 Å². The number of hydrogen-bond acceptors (Lipinski definition) is 7. The minimum absolute atomic E-state index is 0.0647. The van der Waals surface area contributed by atoms with Gasteiger partial charge in [-0.15, -0.1) is 0 Å². The molecule has 57 heavy (non-hydrogen) atoms. The van der Waals surface area contributed by atoms with Crippen molar-refractivity contribution in [2.24, 2.45) is 5.92 Å². The summed E-state index contributed by atoms with van der Waals surface area (Å²) >= 11 is 0. The van der Waals surface area contributed by atoms with E-state index in [4.69, 9.17) is 14.2 Å². The van der Waals surface area contributed by atoms with Crippen LogP contribution in [0, 0.1) is 5.92 Å². The van der Waals surface area contributed by atoms with Crippen LogP contribution in [0.5, 0.6) is 23.0 Å². The second-order valence-electron chi connectivity index (χ2n) is 14.8. The number of rotatable bonds is 6. The zero-order valence-corrected chi connectivity index (χ0v) is 31.0.